The van der Waals surface area contributed by atoms with Gasteiger partial charge in [0.2, 0.25) is 0 Å². The van der Waals surface area contributed by atoms with Crippen LogP contribution in [0.2, 0.25) is 0 Å². The smallest absolute Gasteiger partial charge is 0.310 e. The highest BCUT2D eigenvalue weighted by Crippen LogP contribution is 2.23. The Bertz CT molecular complexity index is 221. The van der Waals surface area contributed by atoms with E-state index in [9.17, 15) is 9.90 Å². The van der Waals surface area contributed by atoms with Crippen molar-refractivity contribution in [3.63, 3.8) is 0 Å². The molecule has 3 atom stereocenters. The average Bonchev–Trinajstić information content (AvgIpc) is 2.58. The van der Waals surface area contributed by atoms with Crippen molar-refractivity contribution in [1.82, 2.24) is 4.90 Å². The predicted molar refractivity (Wildman–Crippen MR) is 54.2 cm³/mol. The van der Waals surface area contributed by atoms with Gasteiger partial charge in [-0.05, 0) is 5.92 Å². The van der Waals surface area contributed by atoms with Crippen LogP contribution in [-0.2, 0) is 9.53 Å². The summed E-state index contributed by atoms with van der Waals surface area (Å²) < 4.78 is 4.71. The SMILES string of the molecule is COC(=O)C1CN(CC(O)CO)CC1C. The molecule has 88 valence electrons. The van der Waals surface area contributed by atoms with Gasteiger partial charge >= 0.3 is 5.97 Å². The summed E-state index contributed by atoms with van der Waals surface area (Å²) in [7, 11) is 1.39. The number of ether oxygens (including phenoxy) is 1. The predicted octanol–water partition coefficient (Wildman–Crippen LogP) is -0.919. The van der Waals surface area contributed by atoms with Crippen LogP contribution in [0.1, 0.15) is 6.92 Å². The number of rotatable bonds is 4. The van der Waals surface area contributed by atoms with Gasteiger partial charge in [-0.3, -0.25) is 9.69 Å². The van der Waals surface area contributed by atoms with Crippen molar-refractivity contribution >= 4 is 5.97 Å². The van der Waals surface area contributed by atoms with E-state index in [0.29, 0.717) is 13.1 Å². The molecule has 1 saturated heterocycles. The van der Waals surface area contributed by atoms with Gasteiger partial charge in [-0.25, -0.2) is 0 Å². The molecule has 1 rings (SSSR count). The van der Waals surface area contributed by atoms with Crippen LogP contribution in [-0.4, -0.2) is 60.5 Å². The summed E-state index contributed by atoms with van der Waals surface area (Å²) in [4.78, 5) is 13.3. The van der Waals surface area contributed by atoms with Gasteiger partial charge in [0, 0.05) is 19.6 Å². The topological polar surface area (TPSA) is 70.0 Å². The molecule has 5 nitrogen and oxygen atoms in total. The second-order valence-corrected chi connectivity index (χ2v) is 4.16. The number of carbonyl (C=O) groups excluding carboxylic acids is 1. The fourth-order valence-electron chi connectivity index (χ4n) is 2.03. The number of aliphatic hydroxyl groups excluding tert-OH is 2. The summed E-state index contributed by atoms with van der Waals surface area (Å²) in [6.07, 6.45) is -0.728. The van der Waals surface area contributed by atoms with E-state index < -0.39 is 6.10 Å². The molecule has 1 aliphatic rings. The minimum absolute atomic E-state index is 0.110. The van der Waals surface area contributed by atoms with Gasteiger partial charge in [-0.15, -0.1) is 0 Å². The Labute approximate surface area is 89.6 Å². The summed E-state index contributed by atoms with van der Waals surface area (Å²) in [5.74, 6) is -0.0623. The molecule has 0 spiro atoms. The fraction of sp³-hybridized carbons (Fsp3) is 0.900. The van der Waals surface area contributed by atoms with Crippen molar-refractivity contribution in [3.8, 4) is 0 Å². The molecule has 0 aliphatic carbocycles. The molecule has 1 fully saturated rings. The number of aliphatic hydroxyl groups is 2. The maximum atomic E-state index is 11.4. The van der Waals surface area contributed by atoms with Crippen LogP contribution in [0, 0.1) is 11.8 Å². The van der Waals surface area contributed by atoms with Crippen molar-refractivity contribution < 1.29 is 19.7 Å². The second kappa shape index (κ2) is 5.44. The standard InChI is InChI=1S/C10H19NO4/c1-7-3-11(4-8(13)6-12)5-9(7)10(14)15-2/h7-9,12-13H,3-6H2,1-2H3. The van der Waals surface area contributed by atoms with E-state index in [0.717, 1.165) is 6.54 Å². The molecule has 0 amide bonds. The summed E-state index contributed by atoms with van der Waals surface area (Å²) in [5, 5.41) is 18.0. The number of β-amino-alcohol motifs (C(OH)–C–C–N with tert-alkyl or cyclic N) is 1. The van der Waals surface area contributed by atoms with E-state index in [2.05, 4.69) is 0 Å². The molecule has 15 heavy (non-hydrogen) atoms. The zero-order valence-corrected chi connectivity index (χ0v) is 9.22. The van der Waals surface area contributed by atoms with Crippen LogP contribution in [0.15, 0.2) is 0 Å². The van der Waals surface area contributed by atoms with Crippen LogP contribution in [0.4, 0.5) is 0 Å². The van der Waals surface area contributed by atoms with Gasteiger partial charge < -0.3 is 14.9 Å². The van der Waals surface area contributed by atoms with Crippen molar-refractivity contribution in [2.45, 2.75) is 13.0 Å². The molecular weight excluding hydrogens is 198 g/mol. The molecule has 0 aromatic rings. The summed E-state index contributed by atoms with van der Waals surface area (Å²) in [6.45, 7) is 3.52. The lowest BCUT2D eigenvalue weighted by Crippen LogP contribution is -2.33. The van der Waals surface area contributed by atoms with Crippen LogP contribution >= 0.6 is 0 Å². The third-order valence-corrected chi connectivity index (χ3v) is 2.87. The molecule has 0 aromatic heterocycles. The van der Waals surface area contributed by atoms with Gasteiger partial charge in [0.05, 0.1) is 25.7 Å². The Morgan fingerprint density at radius 1 is 1.60 bits per heavy atom. The van der Waals surface area contributed by atoms with E-state index in [1.807, 2.05) is 11.8 Å². The minimum atomic E-state index is -0.728. The van der Waals surface area contributed by atoms with Gasteiger partial charge in [-0.1, -0.05) is 6.92 Å². The molecule has 3 unspecified atom stereocenters. The van der Waals surface area contributed by atoms with E-state index in [1.54, 1.807) is 0 Å². The van der Waals surface area contributed by atoms with Gasteiger partial charge in [0.25, 0.3) is 0 Å². The number of likely N-dealkylation sites (tertiary alicyclic amines) is 1. The Morgan fingerprint density at radius 2 is 2.27 bits per heavy atom. The number of hydrogen-bond acceptors (Lipinski definition) is 5. The van der Waals surface area contributed by atoms with Crippen molar-refractivity contribution in [1.29, 1.82) is 0 Å². The lowest BCUT2D eigenvalue weighted by Gasteiger charge is -2.18. The van der Waals surface area contributed by atoms with Crippen molar-refractivity contribution in [2.24, 2.45) is 11.8 Å². The zero-order valence-electron chi connectivity index (χ0n) is 9.22. The number of esters is 1. The first-order valence-corrected chi connectivity index (χ1v) is 5.17. The number of hydrogen-bond donors (Lipinski definition) is 2. The van der Waals surface area contributed by atoms with Gasteiger partial charge in [-0.2, -0.15) is 0 Å². The van der Waals surface area contributed by atoms with Gasteiger partial charge in [0.1, 0.15) is 0 Å². The average molecular weight is 217 g/mol. The number of carbonyl (C=O) groups is 1. The highest BCUT2D eigenvalue weighted by molar-refractivity contribution is 5.73. The number of nitrogens with zero attached hydrogens (tertiary/aromatic N) is 1. The maximum Gasteiger partial charge on any atom is 0.310 e. The van der Waals surface area contributed by atoms with E-state index >= 15 is 0 Å². The van der Waals surface area contributed by atoms with Crippen LogP contribution in [0.3, 0.4) is 0 Å². The first-order chi connectivity index (χ1) is 7.08. The summed E-state index contributed by atoms with van der Waals surface area (Å²) >= 11 is 0. The lowest BCUT2D eigenvalue weighted by molar-refractivity contribution is -0.146. The molecule has 0 aromatic carbocycles. The molecule has 1 aliphatic heterocycles. The molecule has 2 N–H and O–H groups in total. The monoisotopic (exact) mass is 217 g/mol. The molecule has 0 radical (unpaired) electrons. The Hall–Kier alpha value is -0.650. The highest BCUT2D eigenvalue weighted by Gasteiger charge is 2.35. The summed E-state index contributed by atoms with van der Waals surface area (Å²) in [6, 6.07) is 0. The first-order valence-electron chi connectivity index (χ1n) is 5.17. The van der Waals surface area contributed by atoms with E-state index in [1.165, 1.54) is 7.11 Å². The largest absolute Gasteiger partial charge is 0.469 e. The minimum Gasteiger partial charge on any atom is -0.469 e. The molecule has 1 heterocycles. The van der Waals surface area contributed by atoms with Crippen molar-refractivity contribution in [2.75, 3.05) is 33.4 Å². The highest BCUT2D eigenvalue weighted by atomic mass is 16.5. The van der Waals surface area contributed by atoms with Crippen LogP contribution in [0.25, 0.3) is 0 Å². The molecule has 0 saturated carbocycles. The van der Waals surface area contributed by atoms with Crippen LogP contribution < -0.4 is 0 Å². The zero-order chi connectivity index (χ0) is 11.4. The Kier molecular flexibility index (Phi) is 4.50. The third kappa shape index (κ3) is 3.15. The number of methoxy groups -OCH3 is 1. The van der Waals surface area contributed by atoms with E-state index in [-0.39, 0.29) is 24.4 Å². The quantitative estimate of drug-likeness (QED) is 0.596. The van der Waals surface area contributed by atoms with Gasteiger partial charge in [0.15, 0.2) is 0 Å². The summed E-state index contributed by atoms with van der Waals surface area (Å²) in [5.41, 5.74) is 0. The van der Waals surface area contributed by atoms with Crippen LogP contribution in [0.5, 0.6) is 0 Å². The maximum absolute atomic E-state index is 11.4. The molecule has 0 bridgehead atoms. The fourth-order valence-corrected chi connectivity index (χ4v) is 2.03. The first kappa shape index (κ1) is 12.4. The molecule has 5 heteroatoms. The third-order valence-electron chi connectivity index (χ3n) is 2.87. The Morgan fingerprint density at radius 3 is 2.80 bits per heavy atom. The van der Waals surface area contributed by atoms with Crippen molar-refractivity contribution in [3.05, 3.63) is 0 Å². The molecular formula is C10H19NO4. The normalized spacial score (nSPS) is 29.1. The second-order valence-electron chi connectivity index (χ2n) is 4.16. The lowest BCUT2D eigenvalue weighted by atomic mass is 9.99. The van der Waals surface area contributed by atoms with E-state index in [4.69, 9.17) is 9.84 Å². The Balaban J connectivity index is 2.45.